The van der Waals surface area contributed by atoms with Crippen molar-refractivity contribution in [1.82, 2.24) is 38.7 Å². The molecule has 2 unspecified atom stereocenters. The van der Waals surface area contributed by atoms with E-state index in [1.54, 1.807) is 43.9 Å². The molecule has 6 aromatic rings. The molecule has 290 valence electrons. The number of fused-ring (bicyclic) bond motifs is 4. The number of amides is 1. The summed E-state index contributed by atoms with van der Waals surface area (Å²) in [6, 6.07) is 11.7. The summed E-state index contributed by atoms with van der Waals surface area (Å²) in [4.78, 5) is 41.9. The van der Waals surface area contributed by atoms with Crippen molar-refractivity contribution in [3.63, 3.8) is 0 Å². The second-order valence-electron chi connectivity index (χ2n) is 14.9. The van der Waals surface area contributed by atoms with Gasteiger partial charge in [-0.1, -0.05) is 24.6 Å². The fraction of sp³-hybridized carbons (Fsp3) is 0.421. The molecule has 7 heterocycles. The Morgan fingerprint density at radius 2 is 1.80 bits per heavy atom. The molecule has 0 bridgehead atoms. The van der Waals surface area contributed by atoms with Crippen molar-refractivity contribution in [1.29, 1.82) is 0 Å². The summed E-state index contributed by atoms with van der Waals surface area (Å²) in [5, 5.41) is 20.1. The Morgan fingerprint density at radius 3 is 2.58 bits per heavy atom. The number of pyridine rings is 2. The van der Waals surface area contributed by atoms with E-state index in [1.165, 1.54) is 54.6 Å². The van der Waals surface area contributed by atoms with E-state index in [2.05, 4.69) is 41.2 Å². The van der Waals surface area contributed by atoms with Crippen molar-refractivity contribution in [2.24, 2.45) is 0 Å². The summed E-state index contributed by atoms with van der Waals surface area (Å²) >= 11 is 0. The minimum atomic E-state index is -3.96. The van der Waals surface area contributed by atoms with E-state index in [-0.39, 0.29) is 28.0 Å². The van der Waals surface area contributed by atoms with Crippen LogP contribution in [0.4, 0.5) is 16.2 Å². The highest BCUT2D eigenvalue weighted by atomic mass is 32.2. The van der Waals surface area contributed by atoms with Crippen LogP contribution in [-0.2, 0) is 14.8 Å². The number of H-pyrrole nitrogens is 1. The molecule has 0 spiro atoms. The summed E-state index contributed by atoms with van der Waals surface area (Å²) in [5.74, 6) is 0. The third-order valence-corrected chi connectivity index (χ3v) is 11.5. The molecule has 5 aromatic heterocycles. The van der Waals surface area contributed by atoms with Gasteiger partial charge in [-0.3, -0.25) is 10.1 Å². The first-order valence-electron chi connectivity index (χ1n) is 18.6. The molecule has 0 aliphatic carbocycles. The third kappa shape index (κ3) is 8.12. The number of imidazole rings is 1. The molecule has 0 radical (unpaired) electrons. The first-order chi connectivity index (χ1) is 26.4. The fourth-order valence-corrected chi connectivity index (χ4v) is 8.57. The number of likely N-dealkylation sites (tertiary alicyclic amines) is 1. The Morgan fingerprint density at radius 1 is 1.00 bits per heavy atom. The zero-order valence-corrected chi connectivity index (χ0v) is 32.0. The Hall–Kier alpha value is -5.55. The van der Waals surface area contributed by atoms with Crippen LogP contribution in [0.15, 0.2) is 78.5 Å². The van der Waals surface area contributed by atoms with Crippen LogP contribution in [0.25, 0.3) is 33.1 Å². The van der Waals surface area contributed by atoms with Gasteiger partial charge in [0.1, 0.15) is 28.6 Å². The second kappa shape index (κ2) is 15.7. The fourth-order valence-electron chi connectivity index (χ4n) is 7.25. The monoisotopic (exact) mass is 770 g/mol. The van der Waals surface area contributed by atoms with Crippen LogP contribution in [0.5, 0.6) is 0 Å². The molecule has 0 saturated carbocycles. The number of aromatic amines is 1. The van der Waals surface area contributed by atoms with Gasteiger partial charge in [-0.15, -0.1) is 0 Å². The number of nitro groups is 1. The molecule has 2 atom stereocenters. The van der Waals surface area contributed by atoms with Gasteiger partial charge >= 0.3 is 11.8 Å². The number of hydrogen-bond acceptors (Lipinski definition) is 11. The number of carbonyl (C=O) groups excluding carboxylic acids is 1. The lowest BCUT2D eigenvalue weighted by Crippen LogP contribution is -2.42. The minimum absolute atomic E-state index is 0.0737. The number of rotatable bonds is 6. The third-order valence-electron chi connectivity index (χ3n) is 9.86. The lowest BCUT2D eigenvalue weighted by Gasteiger charge is -2.29. The maximum absolute atomic E-state index is 13.2. The highest BCUT2D eigenvalue weighted by Crippen LogP contribution is 2.35. The molecule has 1 amide bonds. The number of nitrogens with zero attached hydrogens (tertiary/aromatic N) is 7. The van der Waals surface area contributed by atoms with Crippen LogP contribution >= 0.6 is 0 Å². The standard InChI is InChI=1S/C24H29N5O6S.C14H17N5/c1-24(2,3)35-23(30)27-13-8-7-9-17(16-27)26-21-19-12-14-28(22(19)25-15-20(21)29(31)32)36(33,34)18-10-5-4-6-11-18;1-2-5-15-7-10(3-1)19-9-18-12-8-17-14-11(13(12)19)4-6-16-14/h4-6,10-12,14-15,17H,7-9,13,16H2,1-3H3,(H,25,26);4,6,8-10,15H,1-3,5,7H2,(H,16,17). The average Bonchev–Trinajstić information content (AvgIpc) is 3.82. The largest absolute Gasteiger partial charge is 0.444 e. The van der Waals surface area contributed by atoms with Crippen LogP contribution in [0, 0.1) is 10.1 Å². The molecule has 3 N–H and O–H groups in total. The van der Waals surface area contributed by atoms with Crippen molar-refractivity contribution in [2.45, 2.75) is 81.9 Å². The van der Waals surface area contributed by atoms with Crippen molar-refractivity contribution in [3.8, 4) is 0 Å². The molecule has 2 fully saturated rings. The molecule has 2 aliphatic rings. The summed E-state index contributed by atoms with van der Waals surface area (Å²) in [6.07, 6.45) is 13.7. The van der Waals surface area contributed by atoms with Gasteiger partial charge in [0.15, 0.2) is 5.65 Å². The number of anilines is 1. The molecule has 8 rings (SSSR count). The van der Waals surface area contributed by atoms with Crippen LogP contribution in [0.1, 0.15) is 65.3 Å². The van der Waals surface area contributed by atoms with Gasteiger partial charge in [-0.25, -0.2) is 32.1 Å². The Labute approximate surface area is 318 Å². The number of aromatic nitrogens is 6. The Bertz CT molecular complexity index is 2410. The Balaban J connectivity index is 0.000000203. The van der Waals surface area contributed by atoms with E-state index in [1.807, 2.05) is 18.7 Å². The average molecular weight is 771 g/mol. The first kappa shape index (κ1) is 37.8. The zero-order chi connectivity index (χ0) is 38.7. The molecule has 2 saturated heterocycles. The molecule has 16 nitrogen and oxygen atoms in total. The molecular formula is C38H46N10O6S. The number of nitrogens with one attached hydrogen (secondary N) is 3. The van der Waals surface area contributed by atoms with Crippen LogP contribution in [0.2, 0.25) is 0 Å². The van der Waals surface area contributed by atoms with E-state index in [0.717, 1.165) is 47.3 Å². The minimum Gasteiger partial charge on any atom is -0.444 e. The second-order valence-corrected chi connectivity index (χ2v) is 16.8. The smallest absolute Gasteiger partial charge is 0.410 e. The molecule has 17 heteroatoms. The van der Waals surface area contributed by atoms with Gasteiger partial charge in [-0.2, -0.15) is 0 Å². The summed E-state index contributed by atoms with van der Waals surface area (Å²) in [6.45, 7) is 8.35. The normalized spacial score (nSPS) is 18.3. The van der Waals surface area contributed by atoms with Crippen LogP contribution < -0.4 is 10.6 Å². The van der Waals surface area contributed by atoms with Crippen molar-refractivity contribution in [3.05, 3.63) is 83.7 Å². The van der Waals surface area contributed by atoms with Crippen molar-refractivity contribution >= 4 is 60.6 Å². The van der Waals surface area contributed by atoms with Gasteiger partial charge in [0.25, 0.3) is 10.0 Å². The first-order valence-corrected chi connectivity index (χ1v) is 20.0. The molecule has 55 heavy (non-hydrogen) atoms. The highest BCUT2D eigenvalue weighted by Gasteiger charge is 2.30. The van der Waals surface area contributed by atoms with Crippen LogP contribution in [-0.4, -0.2) is 90.6 Å². The van der Waals surface area contributed by atoms with Gasteiger partial charge in [-0.05, 0) is 83.7 Å². The highest BCUT2D eigenvalue weighted by molar-refractivity contribution is 7.90. The number of carbonyl (C=O) groups is 1. The van der Waals surface area contributed by atoms with E-state index >= 15 is 0 Å². The summed E-state index contributed by atoms with van der Waals surface area (Å²) in [5.41, 5.74) is 2.46. The quantitative estimate of drug-likeness (QED) is 0.122. The number of benzene rings is 1. The lowest BCUT2D eigenvalue weighted by atomic mass is 10.1. The maximum Gasteiger partial charge on any atom is 0.410 e. The maximum atomic E-state index is 13.2. The Kier molecular flexibility index (Phi) is 10.8. The lowest BCUT2D eigenvalue weighted by molar-refractivity contribution is -0.384. The van der Waals surface area contributed by atoms with Gasteiger partial charge < -0.3 is 29.8 Å². The number of hydrogen-bond donors (Lipinski definition) is 3. The summed E-state index contributed by atoms with van der Waals surface area (Å²) in [7, 11) is -3.96. The summed E-state index contributed by atoms with van der Waals surface area (Å²) < 4.78 is 35.3. The van der Waals surface area contributed by atoms with Crippen molar-refractivity contribution < 1.29 is 22.9 Å². The van der Waals surface area contributed by atoms with Gasteiger partial charge in [0, 0.05) is 49.5 Å². The predicted octanol–water partition coefficient (Wildman–Crippen LogP) is 6.61. The van der Waals surface area contributed by atoms with E-state index in [9.17, 15) is 23.3 Å². The molecular weight excluding hydrogens is 725 g/mol. The van der Waals surface area contributed by atoms with Crippen LogP contribution in [0.3, 0.4) is 0 Å². The van der Waals surface area contributed by atoms with Crippen molar-refractivity contribution in [2.75, 3.05) is 31.5 Å². The number of ether oxygens (including phenoxy) is 1. The molecule has 1 aromatic carbocycles. The molecule has 2 aliphatic heterocycles. The van der Waals surface area contributed by atoms with E-state index < -0.39 is 26.6 Å². The SMILES string of the molecule is CC(C)(C)OC(=O)N1CCCCC(Nc2c([N+](=O)[O-])cnc3c2ccn3S(=O)(=O)c2ccccc2)C1.c1cc2c(ncc3ncn(C4CCCCNC4)c32)[nH]1. The zero-order valence-electron chi connectivity index (χ0n) is 31.1. The van der Waals surface area contributed by atoms with Gasteiger partial charge in [0.2, 0.25) is 0 Å². The van der Waals surface area contributed by atoms with E-state index in [4.69, 9.17) is 4.74 Å². The van der Waals surface area contributed by atoms with Gasteiger partial charge in [0.05, 0.1) is 33.2 Å². The topological polar surface area (TPSA) is 195 Å². The van der Waals surface area contributed by atoms with E-state index in [0.29, 0.717) is 30.9 Å². The predicted molar refractivity (Wildman–Crippen MR) is 210 cm³/mol.